The topological polar surface area (TPSA) is 80.0 Å². The second-order valence-electron chi connectivity index (χ2n) is 5.65. The van der Waals surface area contributed by atoms with Crippen LogP contribution in [0.4, 0.5) is 19.3 Å². The largest absolute Gasteiger partial charge is 0.450 e. The first-order valence-corrected chi connectivity index (χ1v) is 7.49. The fourth-order valence-electron chi connectivity index (χ4n) is 3.01. The molecule has 1 aromatic carbocycles. The van der Waals surface area contributed by atoms with Crippen molar-refractivity contribution in [3.63, 3.8) is 0 Å². The number of amidine groups is 1. The molecular formula is C15H19ClF2N4O2. The van der Waals surface area contributed by atoms with Crippen LogP contribution >= 0.6 is 12.4 Å². The molecule has 1 aromatic rings. The smallest absolute Gasteiger partial charge is 0.409 e. The molecule has 1 spiro atoms. The number of benzene rings is 1. The maximum absolute atomic E-state index is 13.9. The Morgan fingerprint density at radius 1 is 1.42 bits per heavy atom. The fourth-order valence-corrected chi connectivity index (χ4v) is 3.01. The van der Waals surface area contributed by atoms with E-state index in [2.05, 4.69) is 10.3 Å². The highest BCUT2D eigenvalue weighted by molar-refractivity contribution is 6.04. The number of piperidine rings is 1. The van der Waals surface area contributed by atoms with Crippen LogP contribution in [0.2, 0.25) is 0 Å². The summed E-state index contributed by atoms with van der Waals surface area (Å²) in [5, 5.41) is 3.09. The van der Waals surface area contributed by atoms with Crippen molar-refractivity contribution in [3.8, 4) is 0 Å². The molecule has 3 N–H and O–H groups in total. The van der Waals surface area contributed by atoms with Crippen LogP contribution in [0, 0.1) is 11.6 Å². The van der Waals surface area contributed by atoms with Gasteiger partial charge in [-0.15, -0.1) is 12.4 Å². The van der Waals surface area contributed by atoms with E-state index in [1.54, 1.807) is 11.8 Å². The lowest BCUT2D eigenvalue weighted by Crippen LogP contribution is -2.52. The molecule has 9 heteroatoms. The standard InChI is InChI=1S/C15H18F2N4O2.ClH/c1-2-23-14(22)21-5-3-15(4-6-21)19-11-8-9(16)7-10(17)12(11)13(18)20-15;/h7-8,19H,2-6H2,1H3,(H2,18,20);1H. The van der Waals surface area contributed by atoms with Gasteiger partial charge in [-0.1, -0.05) is 0 Å². The highest BCUT2D eigenvalue weighted by Gasteiger charge is 2.40. The number of nitrogens with one attached hydrogen (secondary N) is 1. The van der Waals surface area contributed by atoms with Gasteiger partial charge in [-0.25, -0.2) is 18.6 Å². The molecule has 0 aromatic heterocycles. The number of likely N-dealkylation sites (tertiary alicyclic amines) is 1. The maximum Gasteiger partial charge on any atom is 0.409 e. The number of carbonyl (C=O) groups excluding carboxylic acids is 1. The van der Waals surface area contributed by atoms with Crippen LogP contribution in [0.1, 0.15) is 25.3 Å². The van der Waals surface area contributed by atoms with Gasteiger partial charge in [0.1, 0.15) is 23.1 Å². The van der Waals surface area contributed by atoms with E-state index in [4.69, 9.17) is 10.5 Å². The lowest BCUT2D eigenvalue weighted by molar-refractivity contribution is 0.0906. The van der Waals surface area contributed by atoms with E-state index >= 15 is 0 Å². The minimum absolute atomic E-state index is 0. The van der Waals surface area contributed by atoms with Gasteiger partial charge >= 0.3 is 6.09 Å². The third kappa shape index (κ3) is 3.24. The van der Waals surface area contributed by atoms with E-state index in [9.17, 15) is 13.6 Å². The number of aliphatic imine (C=N–C) groups is 1. The molecule has 132 valence electrons. The van der Waals surface area contributed by atoms with Crippen molar-refractivity contribution >= 4 is 30.0 Å². The molecule has 0 atom stereocenters. The van der Waals surface area contributed by atoms with Crippen molar-refractivity contribution in [2.45, 2.75) is 25.4 Å². The van der Waals surface area contributed by atoms with Crippen LogP contribution in [-0.2, 0) is 4.74 Å². The molecule has 0 aliphatic carbocycles. The first-order chi connectivity index (χ1) is 10.9. The molecule has 1 saturated heterocycles. The number of halogens is 3. The quantitative estimate of drug-likeness (QED) is 0.806. The molecule has 2 heterocycles. The fraction of sp³-hybridized carbons (Fsp3) is 0.467. The summed E-state index contributed by atoms with van der Waals surface area (Å²) in [6, 6.07) is 1.99. The van der Waals surface area contributed by atoms with Crippen molar-refractivity contribution in [2.24, 2.45) is 10.7 Å². The minimum Gasteiger partial charge on any atom is -0.450 e. The van der Waals surface area contributed by atoms with Gasteiger partial charge in [-0.3, -0.25) is 0 Å². The Morgan fingerprint density at radius 3 is 2.71 bits per heavy atom. The van der Waals surface area contributed by atoms with Crippen molar-refractivity contribution in [2.75, 3.05) is 25.0 Å². The van der Waals surface area contributed by atoms with Gasteiger partial charge in [-0.2, -0.15) is 0 Å². The van der Waals surface area contributed by atoms with Gasteiger partial charge in [0.25, 0.3) is 0 Å². The third-order valence-corrected chi connectivity index (χ3v) is 4.13. The number of hydrogen-bond donors (Lipinski definition) is 2. The zero-order valence-corrected chi connectivity index (χ0v) is 14.0. The van der Waals surface area contributed by atoms with Crippen LogP contribution < -0.4 is 11.1 Å². The first-order valence-electron chi connectivity index (χ1n) is 7.49. The summed E-state index contributed by atoms with van der Waals surface area (Å²) >= 11 is 0. The van der Waals surface area contributed by atoms with E-state index in [0.717, 1.165) is 6.07 Å². The Bertz CT molecular complexity index is 676. The summed E-state index contributed by atoms with van der Waals surface area (Å²) in [4.78, 5) is 17.7. The minimum atomic E-state index is -0.750. The zero-order chi connectivity index (χ0) is 16.6. The number of nitrogens with zero attached hydrogens (tertiary/aromatic N) is 2. The molecule has 0 radical (unpaired) electrons. The van der Waals surface area contributed by atoms with Crippen LogP contribution in [0.3, 0.4) is 0 Å². The SMILES string of the molecule is CCOC(=O)N1CCC2(CC1)N=C(N)c1c(F)cc(F)cc1N2.Cl. The van der Waals surface area contributed by atoms with E-state index < -0.39 is 17.3 Å². The van der Waals surface area contributed by atoms with Gasteiger partial charge < -0.3 is 20.7 Å². The van der Waals surface area contributed by atoms with E-state index in [0.29, 0.717) is 38.2 Å². The molecule has 6 nitrogen and oxygen atoms in total. The number of rotatable bonds is 1. The Morgan fingerprint density at radius 2 is 2.08 bits per heavy atom. The van der Waals surface area contributed by atoms with Gasteiger partial charge in [0.05, 0.1) is 17.9 Å². The van der Waals surface area contributed by atoms with Gasteiger partial charge in [0.15, 0.2) is 0 Å². The average molecular weight is 361 g/mol. The second kappa shape index (κ2) is 6.80. The lowest BCUT2D eigenvalue weighted by atomic mass is 9.94. The van der Waals surface area contributed by atoms with Crippen molar-refractivity contribution in [1.82, 2.24) is 4.90 Å². The molecule has 1 fully saturated rings. The highest BCUT2D eigenvalue weighted by atomic mass is 35.5. The molecule has 2 aliphatic heterocycles. The number of ether oxygens (including phenoxy) is 1. The maximum atomic E-state index is 13.9. The first kappa shape index (κ1) is 18.3. The van der Waals surface area contributed by atoms with E-state index in [1.165, 1.54) is 6.07 Å². The molecule has 1 amide bonds. The molecule has 0 bridgehead atoms. The lowest BCUT2D eigenvalue weighted by Gasteiger charge is -2.42. The van der Waals surface area contributed by atoms with E-state index in [1.807, 2.05) is 0 Å². The summed E-state index contributed by atoms with van der Waals surface area (Å²) in [6.45, 7) is 2.91. The summed E-state index contributed by atoms with van der Waals surface area (Å²) in [6.07, 6.45) is 0.585. The van der Waals surface area contributed by atoms with Crippen LogP contribution in [0.25, 0.3) is 0 Å². The van der Waals surface area contributed by atoms with Crippen LogP contribution in [-0.4, -0.2) is 42.2 Å². The monoisotopic (exact) mass is 360 g/mol. The number of nitrogens with two attached hydrogens (primary N) is 1. The third-order valence-electron chi connectivity index (χ3n) is 4.13. The Balaban J connectivity index is 0.00000208. The Hall–Kier alpha value is -2.09. The molecule has 3 rings (SSSR count). The molecule has 2 aliphatic rings. The van der Waals surface area contributed by atoms with Crippen LogP contribution in [0.5, 0.6) is 0 Å². The van der Waals surface area contributed by atoms with Crippen molar-refractivity contribution in [1.29, 1.82) is 0 Å². The van der Waals surface area contributed by atoms with Gasteiger partial charge in [-0.05, 0) is 13.0 Å². The normalized spacial score (nSPS) is 18.1. The second-order valence-corrected chi connectivity index (χ2v) is 5.65. The van der Waals surface area contributed by atoms with Crippen LogP contribution in [0.15, 0.2) is 17.1 Å². The molecule has 0 unspecified atom stereocenters. The number of amides is 1. The number of fused-ring (bicyclic) bond motifs is 1. The number of hydrogen-bond acceptors (Lipinski definition) is 5. The highest BCUT2D eigenvalue weighted by Crippen LogP contribution is 2.35. The predicted molar refractivity (Wildman–Crippen MR) is 88.5 cm³/mol. The summed E-state index contributed by atoms with van der Waals surface area (Å²) in [5.41, 5.74) is 5.52. The zero-order valence-electron chi connectivity index (χ0n) is 13.1. The Labute approximate surface area is 144 Å². The summed E-state index contributed by atoms with van der Waals surface area (Å²) < 4.78 is 32.3. The number of anilines is 1. The van der Waals surface area contributed by atoms with Gasteiger partial charge in [0, 0.05) is 32.0 Å². The number of carbonyl (C=O) groups is 1. The Kier molecular flexibility index (Phi) is 5.17. The van der Waals surface area contributed by atoms with E-state index in [-0.39, 0.29) is 29.9 Å². The molecule has 24 heavy (non-hydrogen) atoms. The summed E-state index contributed by atoms with van der Waals surface area (Å²) in [7, 11) is 0. The average Bonchev–Trinajstić information content (AvgIpc) is 2.46. The molecular weight excluding hydrogens is 342 g/mol. The van der Waals surface area contributed by atoms with Crippen molar-refractivity contribution < 1.29 is 18.3 Å². The predicted octanol–water partition coefficient (Wildman–Crippen LogP) is 2.47. The van der Waals surface area contributed by atoms with Crippen molar-refractivity contribution in [3.05, 3.63) is 29.3 Å². The molecule has 0 saturated carbocycles. The van der Waals surface area contributed by atoms with Gasteiger partial charge in [0.2, 0.25) is 0 Å². The summed E-state index contributed by atoms with van der Waals surface area (Å²) in [5.74, 6) is -1.38.